The fourth-order valence-corrected chi connectivity index (χ4v) is 5.14. The van der Waals surface area contributed by atoms with Gasteiger partial charge in [-0.1, -0.05) is 11.6 Å². The largest absolute Gasteiger partial charge is 0.484 e. The van der Waals surface area contributed by atoms with Gasteiger partial charge in [-0.2, -0.15) is 0 Å². The molecule has 194 valence electrons. The molecular formula is C22H18ClN3O10S. The van der Waals surface area contributed by atoms with Crippen molar-refractivity contribution >= 4 is 52.8 Å². The van der Waals surface area contributed by atoms with Crippen molar-refractivity contribution in [3.63, 3.8) is 0 Å². The summed E-state index contributed by atoms with van der Waals surface area (Å²) in [6.07, 6.45) is 0. The zero-order valence-electron chi connectivity index (χ0n) is 19.0. The lowest BCUT2D eigenvalue weighted by Crippen LogP contribution is -2.70. The van der Waals surface area contributed by atoms with E-state index in [0.29, 0.717) is 0 Å². The molecule has 0 bridgehead atoms. The number of carbonyl (C=O) groups is 4. The third-order valence-electron chi connectivity index (χ3n) is 5.37. The maximum absolute atomic E-state index is 12.7. The molecule has 2 aliphatic rings. The van der Waals surface area contributed by atoms with Crippen LogP contribution in [0.4, 0.5) is 5.69 Å². The van der Waals surface area contributed by atoms with Crippen LogP contribution in [0.15, 0.2) is 46.0 Å². The number of hydrogen-bond donors (Lipinski definition) is 2. The number of thioether (sulfide) groups is 1. The summed E-state index contributed by atoms with van der Waals surface area (Å²) in [5, 5.41) is 22.6. The third-order valence-corrected chi connectivity index (χ3v) is 7.02. The summed E-state index contributed by atoms with van der Waals surface area (Å²) < 4.78 is 15.8. The van der Waals surface area contributed by atoms with Crippen LogP contribution in [0.5, 0.6) is 5.75 Å². The van der Waals surface area contributed by atoms with Gasteiger partial charge >= 0.3 is 11.9 Å². The molecule has 13 nitrogen and oxygen atoms in total. The number of nitro groups is 1. The lowest BCUT2D eigenvalue weighted by molar-refractivity contribution is -0.384. The molecule has 2 aliphatic heterocycles. The molecule has 0 spiro atoms. The van der Waals surface area contributed by atoms with E-state index in [4.69, 9.17) is 25.5 Å². The van der Waals surface area contributed by atoms with E-state index < -0.39 is 40.1 Å². The average molecular weight is 552 g/mol. The highest BCUT2D eigenvalue weighted by Gasteiger charge is 2.54. The molecule has 2 amide bonds. The molecular weight excluding hydrogens is 534 g/mol. The van der Waals surface area contributed by atoms with E-state index in [2.05, 4.69) is 5.32 Å². The first kappa shape index (κ1) is 26.0. The standard InChI is InChI=1S/C22H18ClN3O10S/c1-10(27)34-7-11-9-37-21-17(20(29)25(21)18(11)22(30)31)24-19(28)15-5-3-13(36-15)8-35-16-6-12(26(32)33)2-4-14(16)23/h2-6,17,21H,7-9H2,1H3,(H,24,28)(H,30,31)/t17-,21+/m1/s1. The number of β-lactam (4-membered cyclic amide) rings is 1. The van der Waals surface area contributed by atoms with Gasteiger partial charge in [-0.05, 0) is 18.2 Å². The highest BCUT2D eigenvalue weighted by atomic mass is 35.5. The van der Waals surface area contributed by atoms with Gasteiger partial charge in [-0.3, -0.25) is 29.4 Å². The van der Waals surface area contributed by atoms with Crippen LogP contribution in [0, 0.1) is 10.1 Å². The van der Waals surface area contributed by atoms with Crippen molar-refractivity contribution in [3.05, 3.63) is 68.3 Å². The Kier molecular flexibility index (Phi) is 7.40. The predicted octanol–water partition coefficient (Wildman–Crippen LogP) is 2.34. The van der Waals surface area contributed by atoms with E-state index in [0.717, 1.165) is 11.0 Å². The summed E-state index contributed by atoms with van der Waals surface area (Å²) in [6.45, 7) is 0.756. The van der Waals surface area contributed by atoms with Crippen LogP contribution in [0.25, 0.3) is 0 Å². The van der Waals surface area contributed by atoms with Gasteiger partial charge in [-0.25, -0.2) is 4.79 Å². The number of amides is 2. The Morgan fingerprint density at radius 3 is 2.73 bits per heavy atom. The highest BCUT2D eigenvalue weighted by Crippen LogP contribution is 2.40. The minimum atomic E-state index is -1.34. The topological polar surface area (TPSA) is 179 Å². The van der Waals surface area contributed by atoms with E-state index in [1.54, 1.807) is 0 Å². The molecule has 2 aromatic rings. The second-order valence-electron chi connectivity index (χ2n) is 7.82. The van der Waals surface area contributed by atoms with Crippen molar-refractivity contribution in [1.29, 1.82) is 0 Å². The number of nitrogens with zero attached hydrogens (tertiary/aromatic N) is 2. The van der Waals surface area contributed by atoms with Crippen LogP contribution >= 0.6 is 23.4 Å². The van der Waals surface area contributed by atoms with Gasteiger partial charge in [-0.15, -0.1) is 11.8 Å². The predicted molar refractivity (Wildman–Crippen MR) is 127 cm³/mol. The lowest BCUT2D eigenvalue weighted by atomic mass is 10.0. The molecule has 4 rings (SSSR count). The number of carbonyl (C=O) groups excluding carboxylic acids is 3. The summed E-state index contributed by atoms with van der Waals surface area (Å²) in [5.41, 5.74) is -0.197. The van der Waals surface area contributed by atoms with Crippen LogP contribution in [-0.4, -0.2) is 62.5 Å². The fraction of sp³-hybridized carbons (Fsp3) is 0.273. The van der Waals surface area contributed by atoms with E-state index in [-0.39, 0.29) is 58.2 Å². The van der Waals surface area contributed by atoms with Gasteiger partial charge in [0.15, 0.2) is 5.76 Å². The molecule has 1 aromatic carbocycles. The number of hydrogen-bond acceptors (Lipinski definition) is 10. The number of furan rings is 1. The van der Waals surface area contributed by atoms with Crippen molar-refractivity contribution < 1.29 is 43.1 Å². The number of benzene rings is 1. The SMILES string of the molecule is CC(=O)OCC1=C(C(=O)O)N2C(=O)[C@@H](NC(=O)c3ccc(COc4cc([N+](=O)[O-])ccc4Cl)o3)[C@@H]2SC1. The van der Waals surface area contributed by atoms with E-state index in [1.807, 2.05) is 0 Å². The van der Waals surface area contributed by atoms with Crippen LogP contribution in [0.1, 0.15) is 23.2 Å². The number of halogens is 1. The molecule has 0 saturated carbocycles. The summed E-state index contributed by atoms with van der Waals surface area (Å²) in [4.78, 5) is 59.7. The van der Waals surface area contributed by atoms with E-state index in [9.17, 15) is 34.4 Å². The summed E-state index contributed by atoms with van der Waals surface area (Å²) >= 11 is 7.23. The molecule has 37 heavy (non-hydrogen) atoms. The first-order chi connectivity index (χ1) is 17.6. The zero-order valence-corrected chi connectivity index (χ0v) is 20.5. The maximum Gasteiger partial charge on any atom is 0.352 e. The van der Waals surface area contributed by atoms with Gasteiger partial charge in [0.2, 0.25) is 0 Å². The molecule has 15 heteroatoms. The van der Waals surface area contributed by atoms with Gasteiger partial charge < -0.3 is 24.3 Å². The van der Waals surface area contributed by atoms with Crippen molar-refractivity contribution in [2.75, 3.05) is 12.4 Å². The van der Waals surface area contributed by atoms with Crippen LogP contribution in [-0.2, 0) is 25.7 Å². The number of non-ortho nitro benzene ring substituents is 1. The van der Waals surface area contributed by atoms with Crippen molar-refractivity contribution in [2.45, 2.75) is 24.9 Å². The Hall–Kier alpha value is -4.04. The number of carboxylic acid groups (broad SMARTS) is 1. The lowest BCUT2D eigenvalue weighted by Gasteiger charge is -2.49. The molecule has 1 fully saturated rings. The number of carboxylic acids is 1. The number of nitrogens with one attached hydrogen (secondary N) is 1. The number of nitro benzene ring substituents is 1. The van der Waals surface area contributed by atoms with Gasteiger partial charge in [0.1, 0.15) is 41.8 Å². The minimum absolute atomic E-state index is 0.0584. The number of aliphatic carboxylic acids is 1. The smallest absolute Gasteiger partial charge is 0.352 e. The number of ether oxygens (including phenoxy) is 2. The molecule has 0 radical (unpaired) electrons. The van der Waals surface area contributed by atoms with Crippen LogP contribution < -0.4 is 10.1 Å². The Balaban J connectivity index is 1.39. The number of esters is 1. The van der Waals surface area contributed by atoms with E-state index >= 15 is 0 Å². The average Bonchev–Trinajstić information content (AvgIpc) is 3.33. The van der Waals surface area contributed by atoms with Gasteiger partial charge in [0.25, 0.3) is 17.5 Å². The van der Waals surface area contributed by atoms with Crippen LogP contribution in [0.2, 0.25) is 5.02 Å². The second kappa shape index (κ2) is 10.5. The van der Waals surface area contributed by atoms with Gasteiger partial charge in [0, 0.05) is 24.3 Å². The molecule has 2 atom stereocenters. The first-order valence-electron chi connectivity index (χ1n) is 10.6. The zero-order chi connectivity index (χ0) is 26.9. The Bertz CT molecular complexity index is 1340. The third kappa shape index (κ3) is 5.39. The van der Waals surface area contributed by atoms with Crippen molar-refractivity contribution in [2.24, 2.45) is 0 Å². The number of rotatable bonds is 9. The Morgan fingerprint density at radius 1 is 1.30 bits per heavy atom. The van der Waals surface area contributed by atoms with Gasteiger partial charge in [0.05, 0.1) is 16.0 Å². The first-order valence-corrected chi connectivity index (χ1v) is 12.0. The van der Waals surface area contributed by atoms with Crippen molar-refractivity contribution in [1.82, 2.24) is 10.2 Å². The minimum Gasteiger partial charge on any atom is -0.484 e. The fourth-order valence-electron chi connectivity index (χ4n) is 3.64. The normalized spacial score (nSPS) is 18.5. The Morgan fingerprint density at radius 2 is 2.05 bits per heavy atom. The Labute approximate surface area is 217 Å². The quantitative estimate of drug-likeness (QED) is 0.202. The summed E-state index contributed by atoms with van der Waals surface area (Å²) in [6, 6.07) is 5.53. The maximum atomic E-state index is 12.7. The summed E-state index contributed by atoms with van der Waals surface area (Å²) in [5.74, 6) is -2.91. The highest BCUT2D eigenvalue weighted by molar-refractivity contribution is 8.00. The molecule has 0 aliphatic carbocycles. The molecule has 0 unspecified atom stereocenters. The van der Waals surface area contributed by atoms with Crippen LogP contribution in [0.3, 0.4) is 0 Å². The summed E-state index contributed by atoms with van der Waals surface area (Å²) in [7, 11) is 0. The molecule has 1 aromatic heterocycles. The van der Waals surface area contributed by atoms with E-state index in [1.165, 1.54) is 43.0 Å². The number of fused-ring (bicyclic) bond motifs is 1. The monoisotopic (exact) mass is 551 g/mol. The molecule has 2 N–H and O–H groups in total. The second-order valence-corrected chi connectivity index (χ2v) is 9.34. The molecule has 3 heterocycles. The molecule has 1 saturated heterocycles. The van der Waals surface area contributed by atoms with Crippen molar-refractivity contribution in [3.8, 4) is 5.75 Å².